The Kier molecular flexibility index (Phi) is 5.53. The summed E-state index contributed by atoms with van der Waals surface area (Å²) in [5.74, 6) is 0. The Morgan fingerprint density at radius 3 is 2.45 bits per heavy atom. The first kappa shape index (κ1) is 15.6. The first-order chi connectivity index (χ1) is 10.8. The van der Waals surface area contributed by atoms with Gasteiger partial charge in [-0.15, -0.1) is 0 Å². The van der Waals surface area contributed by atoms with Gasteiger partial charge >= 0.3 is 0 Å². The highest BCUT2D eigenvalue weighted by Crippen LogP contribution is 2.28. The molecule has 1 aliphatic heterocycles. The molecule has 0 amide bonds. The van der Waals surface area contributed by atoms with Crippen LogP contribution in [0, 0.1) is 0 Å². The van der Waals surface area contributed by atoms with Crippen LogP contribution < -0.4 is 0 Å². The molecular formula is C20H30N2. The minimum atomic E-state index is 1.02. The maximum Gasteiger partial charge on any atom is 0.0332 e. The van der Waals surface area contributed by atoms with E-state index in [9.17, 15) is 0 Å². The fourth-order valence-electron chi connectivity index (χ4n) is 3.88. The average Bonchev–Trinajstić information content (AvgIpc) is 2.79. The Morgan fingerprint density at radius 2 is 1.73 bits per heavy atom. The first-order valence-electron chi connectivity index (χ1n) is 9.15. The van der Waals surface area contributed by atoms with Gasteiger partial charge in [-0.3, -0.25) is 4.99 Å². The molecule has 3 rings (SSSR count). The molecule has 0 spiro atoms. The van der Waals surface area contributed by atoms with Crippen LogP contribution in [0.1, 0.15) is 64.2 Å². The van der Waals surface area contributed by atoms with Crippen molar-refractivity contribution in [1.82, 2.24) is 4.90 Å². The molecule has 22 heavy (non-hydrogen) atoms. The van der Waals surface area contributed by atoms with Gasteiger partial charge in [-0.2, -0.15) is 0 Å². The number of piperidine rings is 1. The lowest BCUT2D eigenvalue weighted by molar-refractivity contribution is 0.292. The number of hydrogen-bond acceptors (Lipinski definition) is 2. The highest BCUT2D eigenvalue weighted by molar-refractivity contribution is 5.89. The van der Waals surface area contributed by atoms with Crippen LogP contribution in [0.15, 0.2) is 40.1 Å². The van der Waals surface area contributed by atoms with Crippen LogP contribution >= 0.6 is 0 Å². The van der Waals surface area contributed by atoms with E-state index < -0.39 is 0 Å². The van der Waals surface area contributed by atoms with E-state index in [0.29, 0.717) is 0 Å². The van der Waals surface area contributed by atoms with E-state index in [-0.39, 0.29) is 0 Å². The summed E-state index contributed by atoms with van der Waals surface area (Å²) in [6, 6.07) is 0. The lowest BCUT2D eigenvalue weighted by atomic mass is 9.92. The largest absolute Gasteiger partial charge is 0.372 e. The molecule has 0 aromatic heterocycles. The van der Waals surface area contributed by atoms with E-state index in [2.05, 4.69) is 28.1 Å². The Bertz CT molecular complexity index is 494. The Hall–Kier alpha value is -1.31. The minimum absolute atomic E-state index is 1.02. The second kappa shape index (κ2) is 7.80. The summed E-state index contributed by atoms with van der Waals surface area (Å²) in [6.45, 7) is 2.45. The van der Waals surface area contributed by atoms with E-state index >= 15 is 0 Å². The minimum Gasteiger partial charge on any atom is -0.372 e. The smallest absolute Gasteiger partial charge is 0.0332 e. The van der Waals surface area contributed by atoms with E-state index in [4.69, 9.17) is 0 Å². The van der Waals surface area contributed by atoms with Gasteiger partial charge < -0.3 is 4.90 Å². The number of aliphatic imine (C=N–C) groups is 1. The zero-order chi connectivity index (χ0) is 15.2. The van der Waals surface area contributed by atoms with Crippen LogP contribution in [0.4, 0.5) is 0 Å². The van der Waals surface area contributed by atoms with Crippen LogP contribution in [0.2, 0.25) is 0 Å². The monoisotopic (exact) mass is 298 g/mol. The summed E-state index contributed by atoms with van der Waals surface area (Å²) in [5.41, 5.74) is 5.91. The molecule has 0 aromatic rings. The predicted molar refractivity (Wildman–Crippen MR) is 95.4 cm³/mol. The number of rotatable bonds is 2. The molecule has 0 atom stereocenters. The SMILES string of the molecule is CN=C1CC=C(N2CCCCC2)C=C(C=C2CCCCC2)C1. The van der Waals surface area contributed by atoms with Crippen LogP contribution in [0.25, 0.3) is 0 Å². The summed E-state index contributed by atoms with van der Waals surface area (Å²) >= 11 is 0. The van der Waals surface area contributed by atoms with Crippen LogP contribution in [0.3, 0.4) is 0 Å². The zero-order valence-electron chi connectivity index (χ0n) is 14.1. The third kappa shape index (κ3) is 4.12. The Labute approximate surface area is 135 Å². The topological polar surface area (TPSA) is 15.6 Å². The highest BCUT2D eigenvalue weighted by atomic mass is 15.1. The van der Waals surface area contributed by atoms with Crippen molar-refractivity contribution in [2.24, 2.45) is 4.99 Å². The van der Waals surface area contributed by atoms with Crippen molar-refractivity contribution in [3.8, 4) is 0 Å². The van der Waals surface area contributed by atoms with Crippen molar-refractivity contribution in [3.05, 3.63) is 35.1 Å². The zero-order valence-corrected chi connectivity index (χ0v) is 14.1. The summed E-state index contributed by atoms with van der Waals surface area (Å²) in [5, 5.41) is 0. The van der Waals surface area contributed by atoms with Gasteiger partial charge in [0, 0.05) is 44.4 Å². The fraction of sp³-hybridized carbons (Fsp3) is 0.650. The Morgan fingerprint density at radius 1 is 1.00 bits per heavy atom. The number of nitrogens with zero attached hydrogens (tertiary/aromatic N) is 2. The van der Waals surface area contributed by atoms with E-state index in [0.717, 1.165) is 12.8 Å². The van der Waals surface area contributed by atoms with Gasteiger partial charge in [0.1, 0.15) is 0 Å². The van der Waals surface area contributed by atoms with Crippen molar-refractivity contribution in [3.63, 3.8) is 0 Å². The van der Waals surface area contributed by atoms with E-state index in [1.165, 1.54) is 81.4 Å². The van der Waals surface area contributed by atoms with E-state index in [1.54, 1.807) is 5.57 Å². The van der Waals surface area contributed by atoms with Crippen LogP contribution in [-0.2, 0) is 0 Å². The molecule has 0 bridgehead atoms. The summed E-state index contributed by atoms with van der Waals surface area (Å²) < 4.78 is 0. The van der Waals surface area contributed by atoms with Gasteiger partial charge in [0.25, 0.3) is 0 Å². The maximum atomic E-state index is 4.51. The van der Waals surface area contributed by atoms with Gasteiger partial charge in [0.05, 0.1) is 0 Å². The molecule has 0 aromatic carbocycles. The molecule has 2 nitrogen and oxygen atoms in total. The molecule has 0 radical (unpaired) electrons. The molecule has 1 saturated heterocycles. The van der Waals surface area contributed by atoms with Crippen molar-refractivity contribution < 1.29 is 0 Å². The molecule has 1 heterocycles. The summed E-state index contributed by atoms with van der Waals surface area (Å²) in [7, 11) is 1.94. The summed E-state index contributed by atoms with van der Waals surface area (Å²) in [4.78, 5) is 7.10. The molecule has 2 fully saturated rings. The quantitative estimate of drug-likeness (QED) is 0.697. The molecule has 0 unspecified atom stereocenters. The normalized spacial score (nSPS) is 25.6. The van der Waals surface area contributed by atoms with Gasteiger partial charge in [0.2, 0.25) is 0 Å². The van der Waals surface area contributed by atoms with Gasteiger partial charge in [0.15, 0.2) is 0 Å². The standard InChI is InChI=1S/C20H30N2/c1-21-19-10-11-20(22-12-6-3-7-13-22)16-18(15-19)14-17-8-4-2-5-9-17/h11,14,16H,2-10,12-13,15H2,1H3. The molecule has 120 valence electrons. The molecule has 0 N–H and O–H groups in total. The highest BCUT2D eigenvalue weighted by Gasteiger charge is 2.16. The lowest BCUT2D eigenvalue weighted by Crippen LogP contribution is -2.28. The van der Waals surface area contributed by atoms with Crippen molar-refractivity contribution in [1.29, 1.82) is 0 Å². The van der Waals surface area contributed by atoms with Crippen LogP contribution in [-0.4, -0.2) is 30.7 Å². The lowest BCUT2D eigenvalue weighted by Gasteiger charge is -2.29. The van der Waals surface area contributed by atoms with Gasteiger partial charge in [-0.1, -0.05) is 24.1 Å². The third-order valence-corrected chi connectivity index (χ3v) is 5.21. The number of hydrogen-bond donors (Lipinski definition) is 0. The van der Waals surface area contributed by atoms with Gasteiger partial charge in [-0.25, -0.2) is 0 Å². The summed E-state index contributed by atoms with van der Waals surface area (Å²) in [6.07, 6.45) is 20.3. The molecule has 2 aliphatic carbocycles. The first-order valence-corrected chi connectivity index (χ1v) is 9.15. The average molecular weight is 298 g/mol. The number of allylic oxidation sites excluding steroid dienone is 5. The van der Waals surface area contributed by atoms with Gasteiger partial charge in [-0.05, 0) is 56.6 Å². The van der Waals surface area contributed by atoms with Crippen molar-refractivity contribution in [2.75, 3.05) is 20.1 Å². The molecule has 3 aliphatic rings. The van der Waals surface area contributed by atoms with Crippen LogP contribution in [0.5, 0.6) is 0 Å². The fourth-order valence-corrected chi connectivity index (χ4v) is 3.88. The number of likely N-dealkylation sites (tertiary alicyclic amines) is 1. The molecule has 1 saturated carbocycles. The van der Waals surface area contributed by atoms with Crippen molar-refractivity contribution in [2.45, 2.75) is 64.2 Å². The Balaban J connectivity index is 1.81. The predicted octanol–water partition coefficient (Wildman–Crippen LogP) is 5.04. The molecule has 2 heteroatoms. The molecular weight excluding hydrogens is 268 g/mol. The third-order valence-electron chi connectivity index (χ3n) is 5.21. The second-order valence-electron chi connectivity index (χ2n) is 6.93. The second-order valence-corrected chi connectivity index (χ2v) is 6.93. The van der Waals surface area contributed by atoms with Crippen molar-refractivity contribution >= 4 is 5.71 Å². The van der Waals surface area contributed by atoms with E-state index in [1.807, 2.05) is 7.05 Å². The maximum absolute atomic E-state index is 4.51.